The number of esters is 1. The molecule has 0 aliphatic carbocycles. The molecule has 0 saturated heterocycles. The highest BCUT2D eigenvalue weighted by molar-refractivity contribution is 5.91. The average molecular weight is 285 g/mol. The molecule has 5 heteroatoms. The fourth-order valence-electron chi connectivity index (χ4n) is 2.45. The molecule has 0 unspecified atom stereocenters. The first-order valence-electron chi connectivity index (χ1n) is 6.57. The number of carbonyl (C=O) groups is 1. The van der Waals surface area contributed by atoms with Crippen molar-refractivity contribution >= 4 is 5.97 Å². The summed E-state index contributed by atoms with van der Waals surface area (Å²) in [5.41, 5.74) is 3.83. The van der Waals surface area contributed by atoms with Crippen LogP contribution in [0.3, 0.4) is 0 Å². The lowest BCUT2D eigenvalue weighted by atomic mass is 9.98. The molecule has 108 valence electrons. The van der Waals surface area contributed by atoms with Gasteiger partial charge in [0.05, 0.1) is 24.1 Å². The Morgan fingerprint density at radius 2 is 2.10 bits per heavy atom. The van der Waals surface area contributed by atoms with Crippen molar-refractivity contribution in [3.63, 3.8) is 0 Å². The third-order valence-corrected chi connectivity index (χ3v) is 3.54. The zero-order valence-electron chi connectivity index (χ0n) is 12.0. The molecule has 2 aromatic rings. The van der Waals surface area contributed by atoms with Crippen LogP contribution in [-0.4, -0.2) is 23.2 Å². The number of ether oxygens (including phenoxy) is 2. The van der Waals surface area contributed by atoms with Gasteiger partial charge in [0.1, 0.15) is 5.75 Å². The SMILES string of the molecule is COC(=O)c1cc2c(nc1C)-c1ccc(C)cc1O[C@@H]2O. The minimum absolute atomic E-state index is 0.328. The van der Waals surface area contributed by atoms with E-state index in [1.54, 1.807) is 13.0 Å². The van der Waals surface area contributed by atoms with E-state index in [0.717, 1.165) is 11.1 Å². The summed E-state index contributed by atoms with van der Waals surface area (Å²) in [7, 11) is 1.31. The normalized spacial score (nSPS) is 15.7. The molecule has 1 atom stereocenters. The highest BCUT2D eigenvalue weighted by atomic mass is 16.6. The van der Waals surface area contributed by atoms with Crippen LogP contribution in [0, 0.1) is 13.8 Å². The van der Waals surface area contributed by atoms with Crippen LogP contribution in [0.1, 0.15) is 33.5 Å². The molecule has 21 heavy (non-hydrogen) atoms. The van der Waals surface area contributed by atoms with Gasteiger partial charge in [0.15, 0.2) is 0 Å². The lowest BCUT2D eigenvalue weighted by Gasteiger charge is -2.25. The molecule has 1 aromatic heterocycles. The van der Waals surface area contributed by atoms with Gasteiger partial charge in [-0.15, -0.1) is 0 Å². The Morgan fingerprint density at radius 1 is 1.33 bits per heavy atom. The smallest absolute Gasteiger partial charge is 0.339 e. The number of fused-ring (bicyclic) bond motifs is 3. The number of aromatic nitrogens is 1. The molecule has 1 aromatic carbocycles. The van der Waals surface area contributed by atoms with E-state index in [9.17, 15) is 9.90 Å². The average Bonchev–Trinajstić information content (AvgIpc) is 2.45. The highest BCUT2D eigenvalue weighted by Crippen LogP contribution is 2.41. The van der Waals surface area contributed by atoms with E-state index in [4.69, 9.17) is 9.47 Å². The van der Waals surface area contributed by atoms with Crippen molar-refractivity contribution in [3.05, 3.63) is 46.6 Å². The lowest BCUT2D eigenvalue weighted by Crippen LogP contribution is -2.17. The van der Waals surface area contributed by atoms with Gasteiger partial charge in [-0.3, -0.25) is 4.98 Å². The Kier molecular flexibility index (Phi) is 3.14. The van der Waals surface area contributed by atoms with Crippen LogP contribution in [0.5, 0.6) is 5.75 Å². The summed E-state index contributed by atoms with van der Waals surface area (Å²) >= 11 is 0. The van der Waals surface area contributed by atoms with Gasteiger partial charge in [0, 0.05) is 11.1 Å². The molecule has 1 N–H and O–H groups in total. The fourth-order valence-corrected chi connectivity index (χ4v) is 2.45. The van der Waals surface area contributed by atoms with Crippen LogP contribution in [0.15, 0.2) is 24.3 Å². The maximum absolute atomic E-state index is 11.7. The number of aliphatic hydroxyl groups is 1. The second kappa shape index (κ2) is 4.86. The van der Waals surface area contributed by atoms with Crippen LogP contribution in [-0.2, 0) is 4.74 Å². The summed E-state index contributed by atoms with van der Waals surface area (Å²) < 4.78 is 10.2. The van der Waals surface area contributed by atoms with Gasteiger partial charge in [-0.1, -0.05) is 6.07 Å². The summed E-state index contributed by atoms with van der Waals surface area (Å²) in [6.45, 7) is 3.69. The van der Waals surface area contributed by atoms with Gasteiger partial charge in [-0.25, -0.2) is 4.79 Å². The molecule has 0 fully saturated rings. The molecule has 2 heterocycles. The van der Waals surface area contributed by atoms with Crippen molar-refractivity contribution < 1.29 is 19.4 Å². The van der Waals surface area contributed by atoms with Gasteiger partial charge >= 0.3 is 5.97 Å². The minimum Gasteiger partial charge on any atom is -0.465 e. The number of hydrogen-bond acceptors (Lipinski definition) is 5. The van der Waals surface area contributed by atoms with Gasteiger partial charge in [-0.2, -0.15) is 0 Å². The van der Waals surface area contributed by atoms with Gasteiger partial charge < -0.3 is 14.6 Å². The fraction of sp³-hybridized carbons (Fsp3) is 0.250. The van der Waals surface area contributed by atoms with Crippen LogP contribution < -0.4 is 4.74 Å². The summed E-state index contributed by atoms with van der Waals surface area (Å²) in [5, 5.41) is 10.2. The predicted molar refractivity (Wildman–Crippen MR) is 76.1 cm³/mol. The number of pyridine rings is 1. The molecule has 0 radical (unpaired) electrons. The van der Waals surface area contributed by atoms with E-state index in [-0.39, 0.29) is 0 Å². The molecule has 0 bridgehead atoms. The second-order valence-corrected chi connectivity index (χ2v) is 5.02. The zero-order valence-corrected chi connectivity index (χ0v) is 12.0. The number of nitrogens with zero attached hydrogens (tertiary/aromatic N) is 1. The molecule has 3 rings (SSSR count). The van der Waals surface area contributed by atoms with E-state index >= 15 is 0 Å². The number of methoxy groups -OCH3 is 1. The third-order valence-electron chi connectivity index (χ3n) is 3.54. The Balaban J connectivity index is 2.22. The Bertz CT molecular complexity index is 739. The van der Waals surface area contributed by atoms with Crippen molar-refractivity contribution in [1.29, 1.82) is 0 Å². The lowest BCUT2D eigenvalue weighted by molar-refractivity contribution is -0.0217. The van der Waals surface area contributed by atoms with Gasteiger partial charge in [-0.05, 0) is 37.6 Å². The van der Waals surface area contributed by atoms with Crippen molar-refractivity contribution in [2.24, 2.45) is 0 Å². The summed E-state index contributed by atoms with van der Waals surface area (Å²) in [6.07, 6.45) is -1.15. The number of aliphatic hydroxyl groups excluding tert-OH is 1. The monoisotopic (exact) mass is 285 g/mol. The van der Waals surface area contributed by atoms with Crippen LogP contribution >= 0.6 is 0 Å². The van der Waals surface area contributed by atoms with Crippen molar-refractivity contribution in [2.75, 3.05) is 7.11 Å². The number of hydrogen-bond donors (Lipinski definition) is 1. The topological polar surface area (TPSA) is 68.7 Å². The maximum atomic E-state index is 11.7. The van der Waals surface area contributed by atoms with E-state index < -0.39 is 12.3 Å². The maximum Gasteiger partial charge on any atom is 0.339 e. The van der Waals surface area contributed by atoms with Gasteiger partial charge in [0.25, 0.3) is 0 Å². The molecular formula is C16H15NO4. The van der Waals surface area contributed by atoms with E-state index in [1.807, 2.05) is 25.1 Å². The van der Waals surface area contributed by atoms with Crippen LogP contribution in [0.25, 0.3) is 11.3 Å². The zero-order chi connectivity index (χ0) is 15.1. The quantitative estimate of drug-likeness (QED) is 0.815. The first-order valence-corrected chi connectivity index (χ1v) is 6.57. The molecule has 0 saturated carbocycles. The summed E-state index contributed by atoms with van der Waals surface area (Å²) in [6, 6.07) is 7.29. The summed E-state index contributed by atoms with van der Waals surface area (Å²) in [4.78, 5) is 16.2. The molecular weight excluding hydrogens is 270 g/mol. The Morgan fingerprint density at radius 3 is 2.81 bits per heavy atom. The Hall–Kier alpha value is -2.40. The van der Waals surface area contributed by atoms with E-state index in [0.29, 0.717) is 28.3 Å². The first-order chi connectivity index (χ1) is 10.0. The van der Waals surface area contributed by atoms with Gasteiger partial charge in [0.2, 0.25) is 6.29 Å². The number of benzene rings is 1. The molecule has 0 amide bonds. The molecule has 1 aliphatic heterocycles. The van der Waals surface area contributed by atoms with Crippen molar-refractivity contribution in [1.82, 2.24) is 4.98 Å². The van der Waals surface area contributed by atoms with Crippen molar-refractivity contribution in [2.45, 2.75) is 20.1 Å². The van der Waals surface area contributed by atoms with E-state index in [2.05, 4.69) is 4.98 Å². The first kappa shape index (κ1) is 13.6. The third kappa shape index (κ3) is 2.15. The number of rotatable bonds is 1. The molecule has 1 aliphatic rings. The second-order valence-electron chi connectivity index (χ2n) is 5.02. The van der Waals surface area contributed by atoms with Crippen LogP contribution in [0.2, 0.25) is 0 Å². The highest BCUT2D eigenvalue weighted by Gasteiger charge is 2.28. The van der Waals surface area contributed by atoms with E-state index in [1.165, 1.54) is 7.11 Å². The molecule has 5 nitrogen and oxygen atoms in total. The van der Waals surface area contributed by atoms with Crippen molar-refractivity contribution in [3.8, 4) is 17.0 Å². The molecule has 0 spiro atoms. The number of carbonyl (C=O) groups excluding carboxylic acids is 1. The summed E-state index contributed by atoms with van der Waals surface area (Å²) in [5.74, 6) is 0.109. The predicted octanol–water partition coefficient (Wildman–Crippen LogP) is 2.54. The minimum atomic E-state index is -1.15. The standard InChI is InChI=1S/C16H15NO4/c1-8-4-5-10-13(6-8)21-16(19)12-7-11(15(18)20-3)9(2)17-14(10)12/h4-7,16,19H,1-3H3/t16-/m0/s1. The largest absolute Gasteiger partial charge is 0.465 e. The Labute approximate surface area is 122 Å². The van der Waals surface area contributed by atoms with Crippen LogP contribution in [0.4, 0.5) is 0 Å². The number of aryl methyl sites for hydroxylation is 2.